The number of aryl methyl sites for hydroxylation is 1. The molecule has 0 bridgehead atoms. The smallest absolute Gasteiger partial charge is 0.231 e. The molecule has 0 unspecified atom stereocenters. The highest BCUT2D eigenvalue weighted by molar-refractivity contribution is 5.52. The van der Waals surface area contributed by atoms with Crippen molar-refractivity contribution in [3.8, 4) is 11.5 Å². The van der Waals surface area contributed by atoms with Gasteiger partial charge in [0.15, 0.2) is 11.5 Å². The van der Waals surface area contributed by atoms with Crippen LogP contribution in [0.3, 0.4) is 0 Å². The molecular weight excluding hydrogens is 190 g/mol. The molecule has 1 heterocycles. The molecular formula is C12H15NO2. The molecule has 1 aromatic carbocycles. The van der Waals surface area contributed by atoms with Gasteiger partial charge in [-0.2, -0.15) is 0 Å². The van der Waals surface area contributed by atoms with E-state index in [0.29, 0.717) is 6.79 Å². The van der Waals surface area contributed by atoms with Crippen molar-refractivity contribution in [2.24, 2.45) is 5.73 Å². The summed E-state index contributed by atoms with van der Waals surface area (Å²) in [5.41, 5.74) is 8.68. The zero-order valence-electron chi connectivity index (χ0n) is 8.88. The standard InChI is InChI=1S/C12H15NO2/c1-8-4-10-11(15-7-14-10)5-9(8)12(6-13)2-3-12/h4-5H,2-3,6-7,13H2,1H3. The minimum atomic E-state index is 0.227. The summed E-state index contributed by atoms with van der Waals surface area (Å²) < 4.78 is 10.7. The highest BCUT2D eigenvalue weighted by Crippen LogP contribution is 2.50. The normalized spacial score (nSPS) is 20.4. The van der Waals surface area contributed by atoms with Gasteiger partial charge in [-0.25, -0.2) is 0 Å². The van der Waals surface area contributed by atoms with Crippen molar-refractivity contribution in [2.75, 3.05) is 13.3 Å². The summed E-state index contributed by atoms with van der Waals surface area (Å²) in [5.74, 6) is 1.74. The third kappa shape index (κ3) is 1.23. The SMILES string of the molecule is Cc1cc2c(cc1C1(CN)CC1)OCO2. The Hall–Kier alpha value is -1.22. The third-order valence-corrected chi connectivity index (χ3v) is 3.54. The van der Waals surface area contributed by atoms with Gasteiger partial charge in [-0.1, -0.05) is 0 Å². The molecule has 1 aromatic rings. The van der Waals surface area contributed by atoms with E-state index >= 15 is 0 Å². The van der Waals surface area contributed by atoms with Crippen molar-refractivity contribution < 1.29 is 9.47 Å². The summed E-state index contributed by atoms with van der Waals surface area (Å²) >= 11 is 0. The number of fused-ring (bicyclic) bond motifs is 1. The third-order valence-electron chi connectivity index (χ3n) is 3.54. The van der Waals surface area contributed by atoms with E-state index in [2.05, 4.69) is 19.1 Å². The van der Waals surface area contributed by atoms with Crippen molar-refractivity contribution in [2.45, 2.75) is 25.2 Å². The molecule has 1 aliphatic heterocycles. The number of benzene rings is 1. The van der Waals surface area contributed by atoms with Crippen LogP contribution in [-0.4, -0.2) is 13.3 Å². The van der Waals surface area contributed by atoms with E-state index in [1.165, 1.54) is 24.0 Å². The largest absolute Gasteiger partial charge is 0.454 e. The van der Waals surface area contributed by atoms with Gasteiger partial charge in [-0.15, -0.1) is 0 Å². The number of nitrogens with two attached hydrogens (primary N) is 1. The molecule has 1 fully saturated rings. The van der Waals surface area contributed by atoms with Crippen LogP contribution in [-0.2, 0) is 5.41 Å². The summed E-state index contributed by atoms with van der Waals surface area (Å²) in [6, 6.07) is 4.17. The van der Waals surface area contributed by atoms with Crippen LogP contribution in [0, 0.1) is 6.92 Å². The molecule has 0 aromatic heterocycles. The summed E-state index contributed by atoms with van der Waals surface area (Å²) in [6.07, 6.45) is 2.40. The first-order chi connectivity index (χ1) is 7.25. The van der Waals surface area contributed by atoms with Crippen LogP contribution in [0.5, 0.6) is 11.5 Å². The van der Waals surface area contributed by atoms with Crippen molar-refractivity contribution in [3.05, 3.63) is 23.3 Å². The molecule has 0 amide bonds. The zero-order chi connectivity index (χ0) is 10.5. The summed E-state index contributed by atoms with van der Waals surface area (Å²) in [6.45, 7) is 3.19. The molecule has 3 heteroatoms. The van der Waals surface area contributed by atoms with Gasteiger partial charge in [-0.3, -0.25) is 0 Å². The lowest BCUT2D eigenvalue weighted by atomic mass is 9.91. The molecule has 0 radical (unpaired) electrons. The Morgan fingerprint density at radius 3 is 2.53 bits per heavy atom. The average Bonchev–Trinajstić information content (AvgIpc) is 2.91. The Morgan fingerprint density at radius 2 is 1.93 bits per heavy atom. The lowest BCUT2D eigenvalue weighted by molar-refractivity contribution is 0.174. The first-order valence-electron chi connectivity index (χ1n) is 5.36. The van der Waals surface area contributed by atoms with E-state index in [4.69, 9.17) is 15.2 Å². The van der Waals surface area contributed by atoms with Crippen LogP contribution in [0.4, 0.5) is 0 Å². The Balaban J connectivity index is 2.09. The Kier molecular flexibility index (Phi) is 1.74. The van der Waals surface area contributed by atoms with Gasteiger partial charge >= 0.3 is 0 Å². The van der Waals surface area contributed by atoms with Crippen molar-refractivity contribution in [1.82, 2.24) is 0 Å². The fraction of sp³-hybridized carbons (Fsp3) is 0.500. The van der Waals surface area contributed by atoms with Gasteiger partial charge in [0.25, 0.3) is 0 Å². The predicted molar refractivity (Wildman–Crippen MR) is 57.3 cm³/mol. The Labute approximate surface area is 89.2 Å². The van der Waals surface area contributed by atoms with Crippen LogP contribution >= 0.6 is 0 Å². The van der Waals surface area contributed by atoms with E-state index < -0.39 is 0 Å². The number of hydrogen-bond acceptors (Lipinski definition) is 3. The maximum absolute atomic E-state index is 5.84. The summed E-state index contributed by atoms with van der Waals surface area (Å²) in [4.78, 5) is 0. The second-order valence-corrected chi connectivity index (χ2v) is 4.50. The molecule has 15 heavy (non-hydrogen) atoms. The van der Waals surface area contributed by atoms with Crippen molar-refractivity contribution in [1.29, 1.82) is 0 Å². The van der Waals surface area contributed by atoms with Gasteiger partial charge in [0, 0.05) is 12.0 Å². The molecule has 0 atom stereocenters. The quantitative estimate of drug-likeness (QED) is 0.799. The zero-order valence-corrected chi connectivity index (χ0v) is 8.88. The highest BCUT2D eigenvalue weighted by atomic mass is 16.7. The summed E-state index contributed by atoms with van der Waals surface area (Å²) in [7, 11) is 0. The van der Waals surface area contributed by atoms with E-state index in [0.717, 1.165) is 18.0 Å². The van der Waals surface area contributed by atoms with Gasteiger partial charge in [0.2, 0.25) is 6.79 Å². The Bertz CT molecular complexity index is 410. The molecule has 2 aliphatic rings. The lowest BCUT2D eigenvalue weighted by Gasteiger charge is -2.16. The van der Waals surface area contributed by atoms with Gasteiger partial charge in [0.05, 0.1) is 0 Å². The number of hydrogen-bond donors (Lipinski definition) is 1. The van der Waals surface area contributed by atoms with Gasteiger partial charge in [-0.05, 0) is 43.0 Å². The monoisotopic (exact) mass is 205 g/mol. The van der Waals surface area contributed by atoms with E-state index in [1.54, 1.807) is 0 Å². The molecule has 80 valence electrons. The maximum atomic E-state index is 5.84. The maximum Gasteiger partial charge on any atom is 0.231 e. The van der Waals surface area contributed by atoms with Crippen LogP contribution in [0.25, 0.3) is 0 Å². The van der Waals surface area contributed by atoms with E-state index in [-0.39, 0.29) is 5.41 Å². The molecule has 1 aliphatic carbocycles. The van der Waals surface area contributed by atoms with E-state index in [1.807, 2.05) is 0 Å². The highest BCUT2D eigenvalue weighted by Gasteiger charge is 2.44. The fourth-order valence-electron chi connectivity index (χ4n) is 2.35. The first kappa shape index (κ1) is 9.04. The first-order valence-corrected chi connectivity index (χ1v) is 5.36. The fourth-order valence-corrected chi connectivity index (χ4v) is 2.35. The molecule has 3 rings (SSSR count). The topological polar surface area (TPSA) is 44.5 Å². The number of rotatable bonds is 2. The van der Waals surface area contributed by atoms with Crippen molar-refractivity contribution >= 4 is 0 Å². The average molecular weight is 205 g/mol. The molecule has 0 saturated heterocycles. The molecule has 2 N–H and O–H groups in total. The van der Waals surface area contributed by atoms with Crippen molar-refractivity contribution in [3.63, 3.8) is 0 Å². The van der Waals surface area contributed by atoms with Gasteiger partial charge in [0.1, 0.15) is 0 Å². The number of ether oxygens (including phenoxy) is 2. The van der Waals surface area contributed by atoms with E-state index in [9.17, 15) is 0 Å². The second kappa shape index (κ2) is 2.89. The van der Waals surface area contributed by atoms with Crippen LogP contribution in [0.2, 0.25) is 0 Å². The second-order valence-electron chi connectivity index (χ2n) is 4.50. The van der Waals surface area contributed by atoms with Crippen LogP contribution in [0.1, 0.15) is 24.0 Å². The molecule has 1 saturated carbocycles. The minimum absolute atomic E-state index is 0.227. The summed E-state index contributed by atoms with van der Waals surface area (Å²) in [5, 5.41) is 0. The molecule has 3 nitrogen and oxygen atoms in total. The van der Waals surface area contributed by atoms with Crippen LogP contribution < -0.4 is 15.2 Å². The Morgan fingerprint density at radius 1 is 1.27 bits per heavy atom. The predicted octanol–water partition coefficient (Wildman–Crippen LogP) is 1.71. The minimum Gasteiger partial charge on any atom is -0.454 e. The lowest BCUT2D eigenvalue weighted by Crippen LogP contribution is -2.20. The van der Waals surface area contributed by atoms with Crippen LogP contribution in [0.15, 0.2) is 12.1 Å². The van der Waals surface area contributed by atoms with Gasteiger partial charge < -0.3 is 15.2 Å². The molecule has 0 spiro atoms.